The summed E-state index contributed by atoms with van der Waals surface area (Å²) < 4.78 is 2.19. The van der Waals surface area contributed by atoms with E-state index in [0.717, 1.165) is 29.2 Å². The van der Waals surface area contributed by atoms with Gasteiger partial charge in [0.15, 0.2) is 0 Å². The summed E-state index contributed by atoms with van der Waals surface area (Å²) in [6.45, 7) is 2.00. The minimum atomic E-state index is 0.120. The number of benzene rings is 1. The first kappa shape index (κ1) is 12.1. The molecule has 2 aromatic heterocycles. The lowest BCUT2D eigenvalue weighted by Crippen LogP contribution is -1.93. The molecule has 0 saturated heterocycles. The summed E-state index contributed by atoms with van der Waals surface area (Å²) in [6.07, 6.45) is 0. The molecule has 90 valence electrons. The van der Waals surface area contributed by atoms with Crippen LogP contribution >= 0.6 is 38.6 Å². The maximum absolute atomic E-state index is 12.4. The molecule has 1 nitrogen and oxygen atoms in total. The van der Waals surface area contributed by atoms with E-state index in [9.17, 15) is 4.79 Å². The average Bonchev–Trinajstić information content (AvgIpc) is 2.93. The summed E-state index contributed by atoms with van der Waals surface area (Å²) in [5.41, 5.74) is 1.12. The van der Waals surface area contributed by atoms with E-state index in [1.807, 2.05) is 43.3 Å². The summed E-state index contributed by atoms with van der Waals surface area (Å²) in [5.74, 6) is 0.120. The number of halogens is 1. The molecule has 18 heavy (non-hydrogen) atoms. The topological polar surface area (TPSA) is 17.1 Å². The maximum Gasteiger partial charge on any atom is 0.212 e. The Morgan fingerprint density at radius 3 is 2.50 bits per heavy atom. The lowest BCUT2D eigenvalue weighted by molar-refractivity contribution is 0.104. The SMILES string of the molecule is Cc1cc(C(=O)c2cc3ccccc3s2)sc1Br. The first-order chi connectivity index (χ1) is 8.65. The highest BCUT2D eigenvalue weighted by Crippen LogP contribution is 2.32. The second-order valence-electron chi connectivity index (χ2n) is 4.04. The van der Waals surface area contributed by atoms with Crippen molar-refractivity contribution in [2.75, 3.05) is 0 Å². The van der Waals surface area contributed by atoms with Gasteiger partial charge in [-0.2, -0.15) is 0 Å². The van der Waals surface area contributed by atoms with Crippen molar-refractivity contribution in [3.05, 3.63) is 55.5 Å². The van der Waals surface area contributed by atoms with Crippen molar-refractivity contribution in [2.24, 2.45) is 0 Å². The normalized spacial score (nSPS) is 11.0. The lowest BCUT2D eigenvalue weighted by Gasteiger charge is -1.90. The number of rotatable bonds is 2. The molecule has 0 N–H and O–H groups in total. The molecular weight excluding hydrogens is 328 g/mol. The van der Waals surface area contributed by atoms with Crippen LogP contribution in [-0.4, -0.2) is 5.78 Å². The zero-order chi connectivity index (χ0) is 12.7. The van der Waals surface area contributed by atoms with Gasteiger partial charge in [0.25, 0.3) is 0 Å². The van der Waals surface area contributed by atoms with Gasteiger partial charge in [0.2, 0.25) is 5.78 Å². The highest BCUT2D eigenvalue weighted by atomic mass is 79.9. The first-order valence-corrected chi connectivity index (χ1v) is 7.87. The number of aryl methyl sites for hydroxylation is 1. The zero-order valence-electron chi connectivity index (χ0n) is 9.57. The predicted molar refractivity (Wildman–Crippen MR) is 82.0 cm³/mol. The Bertz CT molecular complexity index is 687. The van der Waals surface area contributed by atoms with Crippen LogP contribution in [0.2, 0.25) is 0 Å². The Kier molecular flexibility index (Phi) is 3.09. The molecule has 3 rings (SSSR count). The van der Waals surface area contributed by atoms with Crippen molar-refractivity contribution in [2.45, 2.75) is 6.92 Å². The molecule has 0 amide bonds. The van der Waals surface area contributed by atoms with Crippen LogP contribution in [0, 0.1) is 6.92 Å². The number of carbonyl (C=O) groups excluding carboxylic acids is 1. The molecule has 4 heteroatoms. The number of thiophene rings is 2. The Morgan fingerprint density at radius 1 is 1.11 bits per heavy atom. The molecule has 0 unspecified atom stereocenters. The second kappa shape index (κ2) is 4.61. The molecule has 2 heterocycles. The van der Waals surface area contributed by atoms with Crippen molar-refractivity contribution in [3.8, 4) is 0 Å². The van der Waals surface area contributed by atoms with Crippen LogP contribution in [0.1, 0.15) is 20.1 Å². The van der Waals surface area contributed by atoms with Gasteiger partial charge in [-0.3, -0.25) is 4.79 Å². The highest BCUT2D eigenvalue weighted by Gasteiger charge is 2.15. The molecule has 0 fully saturated rings. The first-order valence-electron chi connectivity index (χ1n) is 5.44. The maximum atomic E-state index is 12.4. The van der Waals surface area contributed by atoms with Gasteiger partial charge < -0.3 is 0 Å². The van der Waals surface area contributed by atoms with Gasteiger partial charge >= 0.3 is 0 Å². The van der Waals surface area contributed by atoms with E-state index in [4.69, 9.17) is 0 Å². The summed E-state index contributed by atoms with van der Waals surface area (Å²) in [5, 5.41) is 1.14. The molecule has 0 saturated carbocycles. The predicted octanol–water partition coefficient (Wildman–Crippen LogP) is 5.26. The molecule has 1 aromatic carbocycles. The van der Waals surface area contributed by atoms with Crippen LogP contribution in [0.3, 0.4) is 0 Å². The van der Waals surface area contributed by atoms with Crippen LogP contribution in [-0.2, 0) is 0 Å². The van der Waals surface area contributed by atoms with E-state index in [0.29, 0.717) is 0 Å². The highest BCUT2D eigenvalue weighted by molar-refractivity contribution is 9.11. The van der Waals surface area contributed by atoms with Crippen molar-refractivity contribution < 1.29 is 4.79 Å². The smallest absolute Gasteiger partial charge is 0.212 e. The molecule has 0 spiro atoms. The van der Waals surface area contributed by atoms with E-state index in [1.54, 1.807) is 11.3 Å². The third-order valence-corrected chi connectivity index (χ3v) is 5.98. The quantitative estimate of drug-likeness (QED) is 0.583. The third-order valence-electron chi connectivity index (χ3n) is 2.73. The molecule has 0 bridgehead atoms. The standard InChI is InChI=1S/C14H9BrOS2/c1-8-6-11(18-14(8)15)13(16)12-7-9-4-2-3-5-10(9)17-12/h2-7H,1H3. The van der Waals surface area contributed by atoms with Crippen LogP contribution in [0.5, 0.6) is 0 Å². The van der Waals surface area contributed by atoms with Gasteiger partial charge in [-0.05, 0) is 52.0 Å². The minimum absolute atomic E-state index is 0.120. The van der Waals surface area contributed by atoms with Crippen LogP contribution in [0.4, 0.5) is 0 Å². The molecule has 3 aromatic rings. The van der Waals surface area contributed by atoms with Gasteiger partial charge in [-0.15, -0.1) is 22.7 Å². The number of ketones is 1. The summed E-state index contributed by atoms with van der Waals surface area (Å²) in [4.78, 5) is 14.0. The molecular formula is C14H9BrOS2. The van der Waals surface area contributed by atoms with Crippen LogP contribution in [0.15, 0.2) is 40.2 Å². The Hall–Kier alpha value is -0.970. The van der Waals surface area contributed by atoms with E-state index < -0.39 is 0 Å². The average molecular weight is 337 g/mol. The lowest BCUT2D eigenvalue weighted by atomic mass is 10.2. The Balaban J connectivity index is 2.06. The number of hydrogen-bond donors (Lipinski definition) is 0. The Morgan fingerprint density at radius 2 is 1.83 bits per heavy atom. The van der Waals surface area contributed by atoms with Gasteiger partial charge in [0.05, 0.1) is 13.5 Å². The third kappa shape index (κ3) is 2.05. The number of carbonyl (C=O) groups is 1. The fourth-order valence-electron chi connectivity index (χ4n) is 1.79. The van der Waals surface area contributed by atoms with Crippen molar-refractivity contribution in [1.82, 2.24) is 0 Å². The zero-order valence-corrected chi connectivity index (χ0v) is 12.8. The summed E-state index contributed by atoms with van der Waals surface area (Å²) in [7, 11) is 0. The van der Waals surface area contributed by atoms with Gasteiger partial charge in [-0.25, -0.2) is 0 Å². The van der Waals surface area contributed by atoms with E-state index in [-0.39, 0.29) is 5.78 Å². The Labute approximate surface area is 121 Å². The molecule has 0 radical (unpaired) electrons. The summed E-state index contributed by atoms with van der Waals surface area (Å²) in [6, 6.07) is 12.0. The van der Waals surface area contributed by atoms with Crippen molar-refractivity contribution in [3.63, 3.8) is 0 Å². The van der Waals surface area contributed by atoms with Crippen molar-refractivity contribution in [1.29, 1.82) is 0 Å². The van der Waals surface area contributed by atoms with E-state index in [2.05, 4.69) is 15.9 Å². The number of fused-ring (bicyclic) bond motifs is 1. The van der Waals surface area contributed by atoms with Gasteiger partial charge in [-0.1, -0.05) is 18.2 Å². The second-order valence-corrected chi connectivity index (χ2v) is 7.50. The van der Waals surface area contributed by atoms with E-state index in [1.165, 1.54) is 11.3 Å². The molecule has 0 atom stereocenters. The van der Waals surface area contributed by atoms with E-state index >= 15 is 0 Å². The number of hydrogen-bond acceptors (Lipinski definition) is 3. The molecule has 0 aliphatic carbocycles. The van der Waals surface area contributed by atoms with Crippen molar-refractivity contribution >= 4 is 54.5 Å². The minimum Gasteiger partial charge on any atom is -0.287 e. The largest absolute Gasteiger partial charge is 0.287 e. The molecule has 0 aliphatic rings. The van der Waals surface area contributed by atoms with Crippen LogP contribution in [0.25, 0.3) is 10.1 Å². The molecule has 0 aliphatic heterocycles. The van der Waals surface area contributed by atoms with Crippen LogP contribution < -0.4 is 0 Å². The van der Waals surface area contributed by atoms with Gasteiger partial charge in [0, 0.05) is 4.70 Å². The monoisotopic (exact) mass is 336 g/mol. The fourth-order valence-corrected chi connectivity index (χ4v) is 4.36. The van der Waals surface area contributed by atoms with Gasteiger partial charge in [0.1, 0.15) is 0 Å². The summed E-state index contributed by atoms with van der Waals surface area (Å²) >= 11 is 6.52. The fraction of sp³-hybridized carbons (Fsp3) is 0.0714.